The molecule has 1 aliphatic rings. The first-order valence-corrected chi connectivity index (χ1v) is 11.1. The maximum absolute atomic E-state index is 13.1. The van der Waals surface area contributed by atoms with Gasteiger partial charge >= 0.3 is 0 Å². The molecule has 0 saturated carbocycles. The second-order valence-corrected chi connectivity index (χ2v) is 9.14. The number of halogens is 1. The highest BCUT2D eigenvalue weighted by Gasteiger charge is 2.35. The molecule has 0 radical (unpaired) electrons. The molecule has 1 amide bonds. The molecule has 1 saturated heterocycles. The van der Waals surface area contributed by atoms with Crippen molar-refractivity contribution < 1.29 is 18.1 Å². The zero-order chi connectivity index (χ0) is 20.2. The van der Waals surface area contributed by atoms with Crippen LogP contribution in [0.1, 0.15) is 30.6 Å². The topological polar surface area (TPSA) is 101 Å². The van der Waals surface area contributed by atoms with Crippen LogP contribution in [0.25, 0.3) is 0 Å². The molecule has 0 N–H and O–H groups in total. The molecule has 1 fully saturated rings. The van der Waals surface area contributed by atoms with Crippen LogP contribution in [0.3, 0.4) is 0 Å². The number of carbonyl (C=O) groups excluding carboxylic acids is 1. The van der Waals surface area contributed by atoms with E-state index in [1.807, 2.05) is 13.8 Å². The Morgan fingerprint density at radius 1 is 1.30 bits per heavy atom. The predicted octanol–water partition coefficient (Wildman–Crippen LogP) is 2.22. The first-order valence-electron chi connectivity index (χ1n) is 8.86. The summed E-state index contributed by atoms with van der Waals surface area (Å²) in [7, 11) is -3.16. The number of nitrogens with zero attached hydrogens (tertiary/aromatic N) is 3. The van der Waals surface area contributed by atoms with Crippen molar-refractivity contribution in [2.75, 3.05) is 37.7 Å². The number of rotatable bonds is 8. The van der Waals surface area contributed by atoms with Gasteiger partial charge in [0.1, 0.15) is 0 Å². The number of sulfone groups is 1. The molecule has 1 aromatic carbocycles. The molecule has 27 heavy (non-hydrogen) atoms. The van der Waals surface area contributed by atoms with E-state index in [4.69, 9.17) is 11.6 Å². The molecule has 1 heterocycles. The lowest BCUT2D eigenvalue weighted by atomic mass is 10.1. The largest absolute Gasteiger partial charge is 0.333 e. The SMILES string of the molecule is CCN(CC)CCN(C(=O)c1ccc([N+](=O)[O-])cc1Cl)C1CCS(=O)(=O)C1. The van der Waals surface area contributed by atoms with Crippen LogP contribution in [-0.2, 0) is 9.84 Å². The Bertz CT molecular complexity index is 811. The van der Waals surface area contributed by atoms with E-state index in [0.717, 1.165) is 19.2 Å². The number of carbonyl (C=O) groups is 1. The average molecular weight is 418 g/mol. The van der Waals surface area contributed by atoms with Crippen molar-refractivity contribution in [2.45, 2.75) is 26.3 Å². The van der Waals surface area contributed by atoms with Crippen LogP contribution in [0.4, 0.5) is 5.69 Å². The fourth-order valence-corrected chi connectivity index (χ4v) is 5.19. The van der Waals surface area contributed by atoms with Gasteiger partial charge in [-0.25, -0.2) is 8.42 Å². The monoisotopic (exact) mass is 417 g/mol. The summed E-state index contributed by atoms with van der Waals surface area (Å²) in [5.41, 5.74) is -0.0548. The normalized spacial score (nSPS) is 18.6. The molecule has 150 valence electrons. The van der Waals surface area contributed by atoms with E-state index >= 15 is 0 Å². The lowest BCUT2D eigenvalue weighted by Gasteiger charge is -2.31. The summed E-state index contributed by atoms with van der Waals surface area (Å²) >= 11 is 6.11. The number of non-ortho nitro benzene ring substituents is 1. The van der Waals surface area contributed by atoms with Crippen molar-refractivity contribution in [3.63, 3.8) is 0 Å². The van der Waals surface area contributed by atoms with E-state index in [1.165, 1.54) is 12.1 Å². The number of hydrogen-bond acceptors (Lipinski definition) is 6. The number of nitro benzene ring substituents is 1. The maximum Gasteiger partial charge on any atom is 0.270 e. The fraction of sp³-hybridized carbons (Fsp3) is 0.588. The third-order valence-electron chi connectivity index (χ3n) is 4.86. The van der Waals surface area contributed by atoms with Gasteiger partial charge in [-0.1, -0.05) is 25.4 Å². The van der Waals surface area contributed by atoms with Gasteiger partial charge in [0.05, 0.1) is 27.0 Å². The molecule has 2 rings (SSSR count). The van der Waals surface area contributed by atoms with Gasteiger partial charge in [-0.3, -0.25) is 14.9 Å². The molecule has 0 bridgehead atoms. The Labute approximate surface area is 164 Å². The van der Waals surface area contributed by atoms with Crippen LogP contribution in [0.5, 0.6) is 0 Å². The third kappa shape index (κ3) is 5.40. The van der Waals surface area contributed by atoms with Crippen molar-refractivity contribution in [3.8, 4) is 0 Å². The first kappa shape index (κ1) is 21.6. The number of benzene rings is 1. The van der Waals surface area contributed by atoms with Crippen molar-refractivity contribution >= 4 is 33.0 Å². The minimum Gasteiger partial charge on any atom is -0.333 e. The summed E-state index contributed by atoms with van der Waals surface area (Å²) in [5, 5.41) is 10.9. The van der Waals surface area contributed by atoms with E-state index in [-0.39, 0.29) is 27.8 Å². The molecule has 0 aliphatic carbocycles. The van der Waals surface area contributed by atoms with E-state index in [2.05, 4.69) is 4.90 Å². The Hall–Kier alpha value is -1.71. The molecule has 8 nitrogen and oxygen atoms in total. The summed E-state index contributed by atoms with van der Waals surface area (Å²) in [6.45, 7) is 6.65. The Kier molecular flexibility index (Phi) is 7.19. The van der Waals surface area contributed by atoms with Gasteiger partial charge in [0, 0.05) is 31.3 Å². The lowest BCUT2D eigenvalue weighted by molar-refractivity contribution is -0.384. The van der Waals surface area contributed by atoms with Crippen LogP contribution < -0.4 is 0 Å². The highest BCUT2D eigenvalue weighted by Crippen LogP contribution is 2.26. The van der Waals surface area contributed by atoms with Crippen LogP contribution in [0.15, 0.2) is 18.2 Å². The highest BCUT2D eigenvalue weighted by molar-refractivity contribution is 7.91. The molecule has 0 spiro atoms. The van der Waals surface area contributed by atoms with Crippen molar-refractivity contribution in [1.29, 1.82) is 0 Å². The summed E-state index contributed by atoms with van der Waals surface area (Å²) in [6.07, 6.45) is 0.386. The van der Waals surface area contributed by atoms with Gasteiger partial charge in [0.25, 0.3) is 11.6 Å². The first-order chi connectivity index (χ1) is 12.7. The van der Waals surface area contributed by atoms with Gasteiger partial charge in [0.15, 0.2) is 9.84 Å². The summed E-state index contributed by atoms with van der Waals surface area (Å²) in [6, 6.07) is 3.29. The third-order valence-corrected chi connectivity index (χ3v) is 6.92. The van der Waals surface area contributed by atoms with Crippen molar-refractivity contribution in [3.05, 3.63) is 38.9 Å². The summed E-state index contributed by atoms with van der Waals surface area (Å²) in [5.74, 6) is -0.411. The Balaban J connectivity index is 2.28. The molecular weight excluding hydrogens is 394 g/mol. The fourth-order valence-electron chi connectivity index (χ4n) is 3.21. The lowest BCUT2D eigenvalue weighted by Crippen LogP contribution is -2.45. The molecule has 1 unspecified atom stereocenters. The van der Waals surface area contributed by atoms with Crippen molar-refractivity contribution in [2.24, 2.45) is 0 Å². The van der Waals surface area contributed by atoms with E-state index in [1.54, 1.807) is 4.90 Å². The van der Waals surface area contributed by atoms with Gasteiger partial charge in [0.2, 0.25) is 0 Å². The van der Waals surface area contributed by atoms with Gasteiger partial charge in [-0.2, -0.15) is 0 Å². The molecule has 0 aromatic heterocycles. The second kappa shape index (κ2) is 8.99. The van der Waals surface area contributed by atoms with Gasteiger partial charge < -0.3 is 9.80 Å². The van der Waals surface area contributed by atoms with E-state index in [9.17, 15) is 23.3 Å². The molecule has 1 aromatic rings. The quantitative estimate of drug-likeness (QED) is 0.474. The van der Waals surface area contributed by atoms with Crippen LogP contribution in [0, 0.1) is 10.1 Å². The molecule has 1 atom stereocenters. The number of amides is 1. The molecule has 1 aliphatic heterocycles. The van der Waals surface area contributed by atoms with E-state index in [0.29, 0.717) is 19.5 Å². The van der Waals surface area contributed by atoms with Crippen LogP contribution in [0.2, 0.25) is 5.02 Å². The minimum absolute atomic E-state index is 0.0112. The zero-order valence-electron chi connectivity index (χ0n) is 15.4. The summed E-state index contributed by atoms with van der Waals surface area (Å²) < 4.78 is 23.8. The minimum atomic E-state index is -3.16. The standard InChI is InChI=1S/C17H24ClN3O5S/c1-3-19(4-2)8-9-20(14-7-10-27(25,26)12-14)17(22)15-6-5-13(21(23)24)11-16(15)18/h5-6,11,14H,3-4,7-10,12H2,1-2H3. The van der Waals surface area contributed by atoms with E-state index < -0.39 is 26.7 Å². The predicted molar refractivity (Wildman–Crippen MR) is 104 cm³/mol. The number of hydrogen-bond donors (Lipinski definition) is 0. The van der Waals surface area contributed by atoms with Crippen LogP contribution in [-0.4, -0.2) is 72.8 Å². The van der Waals surface area contributed by atoms with Crippen LogP contribution >= 0.6 is 11.6 Å². The highest BCUT2D eigenvalue weighted by atomic mass is 35.5. The number of nitro groups is 1. The Morgan fingerprint density at radius 3 is 2.44 bits per heavy atom. The van der Waals surface area contributed by atoms with Crippen molar-refractivity contribution in [1.82, 2.24) is 9.80 Å². The summed E-state index contributed by atoms with van der Waals surface area (Å²) in [4.78, 5) is 27.1. The Morgan fingerprint density at radius 2 is 1.96 bits per heavy atom. The smallest absolute Gasteiger partial charge is 0.270 e. The zero-order valence-corrected chi connectivity index (χ0v) is 17.0. The molecule has 10 heteroatoms. The number of likely N-dealkylation sites (N-methyl/N-ethyl adjacent to an activating group) is 1. The second-order valence-electron chi connectivity index (χ2n) is 6.50. The average Bonchev–Trinajstić information content (AvgIpc) is 2.97. The molecular formula is C17H24ClN3O5S. The maximum atomic E-state index is 13.1. The van der Waals surface area contributed by atoms with Gasteiger partial charge in [-0.15, -0.1) is 0 Å². The van der Waals surface area contributed by atoms with Gasteiger partial charge in [-0.05, 0) is 25.6 Å².